The summed E-state index contributed by atoms with van der Waals surface area (Å²) in [4.78, 5) is 15.2. The van der Waals surface area contributed by atoms with Crippen LogP contribution in [0.1, 0.15) is 17.3 Å². The van der Waals surface area contributed by atoms with Crippen LogP contribution in [-0.2, 0) is 0 Å². The molecule has 0 N–H and O–H groups in total. The number of benzene rings is 1. The molecule has 0 amide bonds. The minimum Gasteiger partial charge on any atom is -0.294 e. The molecule has 2 rings (SSSR count). The minimum atomic E-state index is 0.00741. The highest BCUT2D eigenvalue weighted by atomic mass is 79.9. The fraction of sp³-hybridized carbons (Fsp3) is 0.100. The van der Waals surface area contributed by atoms with E-state index in [1.807, 2.05) is 12.1 Å². The summed E-state index contributed by atoms with van der Waals surface area (Å²) in [5, 5.41) is 4.00. The average molecular weight is 266 g/mol. The predicted molar refractivity (Wildman–Crippen MR) is 59.1 cm³/mol. The molecule has 0 atom stereocenters. The SMILES string of the molecule is CC(=O)c1ccc(Br)cc1-n1cncn1. The maximum Gasteiger partial charge on any atom is 0.161 e. The van der Waals surface area contributed by atoms with Crippen LogP contribution in [-0.4, -0.2) is 20.5 Å². The molecule has 1 aromatic carbocycles. The second-order valence-corrected chi connectivity index (χ2v) is 3.97. The van der Waals surface area contributed by atoms with Gasteiger partial charge in [-0.2, -0.15) is 5.10 Å². The summed E-state index contributed by atoms with van der Waals surface area (Å²) in [6.07, 6.45) is 3.00. The first kappa shape index (κ1) is 10.0. The number of Topliss-reactive ketones (excluding diaryl/α,β-unsaturated/α-hetero) is 1. The summed E-state index contributed by atoms with van der Waals surface area (Å²) in [6.45, 7) is 1.53. The summed E-state index contributed by atoms with van der Waals surface area (Å²) in [5.74, 6) is 0.00741. The van der Waals surface area contributed by atoms with Crippen molar-refractivity contribution in [2.24, 2.45) is 0 Å². The molecule has 0 spiro atoms. The van der Waals surface area contributed by atoms with Gasteiger partial charge in [-0.15, -0.1) is 0 Å². The highest BCUT2D eigenvalue weighted by Crippen LogP contribution is 2.19. The van der Waals surface area contributed by atoms with Crippen molar-refractivity contribution in [1.82, 2.24) is 14.8 Å². The third kappa shape index (κ3) is 1.97. The third-order valence-electron chi connectivity index (χ3n) is 2.00. The zero-order valence-electron chi connectivity index (χ0n) is 8.01. The predicted octanol–water partition coefficient (Wildman–Crippen LogP) is 2.23. The van der Waals surface area contributed by atoms with Gasteiger partial charge in [-0.25, -0.2) is 9.67 Å². The molecule has 0 aliphatic rings. The minimum absolute atomic E-state index is 0.00741. The zero-order chi connectivity index (χ0) is 10.8. The van der Waals surface area contributed by atoms with Crippen LogP contribution < -0.4 is 0 Å². The van der Waals surface area contributed by atoms with Gasteiger partial charge in [-0.1, -0.05) is 15.9 Å². The van der Waals surface area contributed by atoms with E-state index in [9.17, 15) is 4.79 Å². The molecule has 1 aromatic heterocycles. The van der Waals surface area contributed by atoms with E-state index in [2.05, 4.69) is 26.0 Å². The van der Waals surface area contributed by atoms with Crippen molar-refractivity contribution in [3.8, 4) is 5.69 Å². The molecule has 0 radical (unpaired) electrons. The molecule has 0 unspecified atom stereocenters. The van der Waals surface area contributed by atoms with Crippen molar-refractivity contribution in [3.05, 3.63) is 40.9 Å². The summed E-state index contributed by atoms with van der Waals surface area (Å²) < 4.78 is 2.47. The van der Waals surface area contributed by atoms with Crippen molar-refractivity contribution in [2.75, 3.05) is 0 Å². The lowest BCUT2D eigenvalue weighted by Gasteiger charge is -2.06. The van der Waals surface area contributed by atoms with Crippen LogP contribution in [0, 0.1) is 0 Å². The number of aromatic nitrogens is 3. The Hall–Kier alpha value is -1.49. The van der Waals surface area contributed by atoms with Crippen LogP contribution in [0.15, 0.2) is 35.3 Å². The first-order chi connectivity index (χ1) is 7.18. The van der Waals surface area contributed by atoms with Gasteiger partial charge in [0.1, 0.15) is 12.7 Å². The topological polar surface area (TPSA) is 47.8 Å². The van der Waals surface area contributed by atoms with Crippen LogP contribution in [0.5, 0.6) is 0 Å². The van der Waals surface area contributed by atoms with Gasteiger partial charge >= 0.3 is 0 Å². The normalized spacial score (nSPS) is 10.3. The Morgan fingerprint density at radius 3 is 2.87 bits per heavy atom. The number of carbonyl (C=O) groups is 1. The quantitative estimate of drug-likeness (QED) is 0.783. The van der Waals surface area contributed by atoms with Crippen molar-refractivity contribution in [2.45, 2.75) is 6.92 Å². The number of halogens is 1. The second kappa shape index (κ2) is 3.94. The average Bonchev–Trinajstić information content (AvgIpc) is 2.69. The number of hydrogen-bond acceptors (Lipinski definition) is 3. The first-order valence-electron chi connectivity index (χ1n) is 4.34. The van der Waals surface area contributed by atoms with Gasteiger partial charge in [0.15, 0.2) is 5.78 Å². The maximum absolute atomic E-state index is 11.4. The Kier molecular flexibility index (Phi) is 2.64. The molecule has 0 aliphatic heterocycles. The van der Waals surface area contributed by atoms with Gasteiger partial charge in [0.2, 0.25) is 0 Å². The Bertz CT molecular complexity index is 493. The molecule has 1 heterocycles. The van der Waals surface area contributed by atoms with Crippen LogP contribution in [0.25, 0.3) is 5.69 Å². The van der Waals surface area contributed by atoms with Crippen LogP contribution >= 0.6 is 15.9 Å². The largest absolute Gasteiger partial charge is 0.294 e. The fourth-order valence-corrected chi connectivity index (χ4v) is 1.67. The van der Waals surface area contributed by atoms with Crippen LogP contribution in [0.2, 0.25) is 0 Å². The van der Waals surface area contributed by atoms with Gasteiger partial charge in [0.05, 0.1) is 5.69 Å². The lowest BCUT2D eigenvalue weighted by molar-refractivity contribution is 0.101. The molecule has 76 valence electrons. The molecular formula is C10H8BrN3O. The number of nitrogens with zero attached hydrogens (tertiary/aromatic N) is 3. The maximum atomic E-state index is 11.4. The monoisotopic (exact) mass is 265 g/mol. The van der Waals surface area contributed by atoms with E-state index in [-0.39, 0.29) is 5.78 Å². The van der Waals surface area contributed by atoms with Gasteiger partial charge in [0.25, 0.3) is 0 Å². The van der Waals surface area contributed by atoms with E-state index in [0.29, 0.717) is 5.56 Å². The summed E-state index contributed by atoms with van der Waals surface area (Å²) in [6, 6.07) is 5.44. The van der Waals surface area contributed by atoms with E-state index in [4.69, 9.17) is 0 Å². The van der Waals surface area contributed by atoms with Gasteiger partial charge < -0.3 is 0 Å². The lowest BCUT2D eigenvalue weighted by Crippen LogP contribution is -2.03. The van der Waals surface area contributed by atoms with Crippen molar-refractivity contribution in [3.63, 3.8) is 0 Å². The van der Waals surface area contributed by atoms with Crippen LogP contribution in [0.3, 0.4) is 0 Å². The van der Waals surface area contributed by atoms with E-state index in [1.165, 1.54) is 13.3 Å². The number of ketones is 1. The molecule has 0 saturated heterocycles. The lowest BCUT2D eigenvalue weighted by atomic mass is 10.1. The Balaban J connectivity index is 2.63. The molecule has 0 bridgehead atoms. The summed E-state index contributed by atoms with van der Waals surface area (Å²) in [5.41, 5.74) is 1.36. The zero-order valence-corrected chi connectivity index (χ0v) is 9.60. The van der Waals surface area contributed by atoms with E-state index in [1.54, 1.807) is 17.1 Å². The molecule has 0 aliphatic carbocycles. The third-order valence-corrected chi connectivity index (χ3v) is 2.50. The highest BCUT2D eigenvalue weighted by Gasteiger charge is 2.09. The Labute approximate surface area is 95.1 Å². The van der Waals surface area contributed by atoms with Crippen LogP contribution in [0.4, 0.5) is 0 Å². The van der Waals surface area contributed by atoms with Gasteiger partial charge in [-0.3, -0.25) is 4.79 Å². The number of carbonyl (C=O) groups excluding carboxylic acids is 1. The van der Waals surface area contributed by atoms with E-state index in [0.717, 1.165) is 10.2 Å². The summed E-state index contributed by atoms with van der Waals surface area (Å²) >= 11 is 3.36. The first-order valence-corrected chi connectivity index (χ1v) is 5.13. The molecule has 0 saturated carbocycles. The van der Waals surface area contributed by atoms with Gasteiger partial charge in [-0.05, 0) is 25.1 Å². The molecular weight excluding hydrogens is 258 g/mol. The van der Waals surface area contributed by atoms with Gasteiger partial charge in [0, 0.05) is 10.0 Å². The smallest absolute Gasteiger partial charge is 0.161 e. The molecule has 2 aromatic rings. The molecule has 4 nitrogen and oxygen atoms in total. The Morgan fingerprint density at radius 1 is 1.47 bits per heavy atom. The summed E-state index contributed by atoms with van der Waals surface area (Å²) in [7, 11) is 0. The second-order valence-electron chi connectivity index (χ2n) is 3.06. The van der Waals surface area contributed by atoms with Crippen molar-refractivity contribution < 1.29 is 4.79 Å². The van der Waals surface area contributed by atoms with Crippen molar-refractivity contribution >= 4 is 21.7 Å². The van der Waals surface area contributed by atoms with Crippen molar-refractivity contribution in [1.29, 1.82) is 0 Å². The Morgan fingerprint density at radius 2 is 2.27 bits per heavy atom. The molecule has 5 heteroatoms. The molecule has 0 fully saturated rings. The van der Waals surface area contributed by atoms with E-state index < -0.39 is 0 Å². The number of rotatable bonds is 2. The standard InChI is InChI=1S/C10H8BrN3O/c1-7(15)9-3-2-8(11)4-10(9)14-6-12-5-13-14/h2-6H,1H3. The fourth-order valence-electron chi connectivity index (χ4n) is 1.32. The number of hydrogen-bond donors (Lipinski definition) is 0. The highest BCUT2D eigenvalue weighted by molar-refractivity contribution is 9.10. The van der Waals surface area contributed by atoms with E-state index >= 15 is 0 Å². The molecule has 15 heavy (non-hydrogen) atoms.